The Balaban J connectivity index is 1.02. The average molecular weight is 782 g/mol. The minimum atomic E-state index is -0.546. The van der Waals surface area contributed by atoms with Crippen molar-refractivity contribution in [3.8, 4) is 11.3 Å². The molecule has 0 spiro atoms. The first-order valence-corrected chi connectivity index (χ1v) is 19.9. The zero-order chi connectivity index (χ0) is 39.0. The number of nitrogens with one attached hydrogen (secondary N) is 3. The minimum absolute atomic E-state index is 0.00581. The van der Waals surface area contributed by atoms with Crippen LogP contribution in [0.2, 0.25) is 0 Å². The summed E-state index contributed by atoms with van der Waals surface area (Å²) in [5, 5.41) is 8.62. The van der Waals surface area contributed by atoms with Crippen LogP contribution in [0, 0.1) is 0 Å². The van der Waals surface area contributed by atoms with E-state index in [9.17, 15) is 19.2 Å². The van der Waals surface area contributed by atoms with Crippen molar-refractivity contribution in [3.63, 3.8) is 0 Å². The lowest BCUT2D eigenvalue weighted by atomic mass is 9.83. The van der Waals surface area contributed by atoms with Crippen molar-refractivity contribution >= 4 is 63.6 Å². The fraction of sp³-hybridized carbons (Fsp3) is 0.156. The number of benzene rings is 4. The summed E-state index contributed by atoms with van der Waals surface area (Å²) in [5.41, 5.74) is 4.43. The molecular weight excluding hydrogens is 743 g/mol. The lowest BCUT2D eigenvalue weighted by Crippen LogP contribution is -2.30. The van der Waals surface area contributed by atoms with Crippen molar-refractivity contribution in [3.05, 3.63) is 166 Å². The van der Waals surface area contributed by atoms with Gasteiger partial charge in [0.2, 0.25) is 5.91 Å². The summed E-state index contributed by atoms with van der Waals surface area (Å²) in [6, 6.07) is 39.2. The Hall–Kier alpha value is -6.17. The van der Waals surface area contributed by atoms with Gasteiger partial charge in [0.1, 0.15) is 22.2 Å². The highest BCUT2D eigenvalue weighted by Gasteiger charge is 2.31. The number of hydrogen-bond acceptors (Lipinski definition) is 8. The molecule has 2 aromatic heterocycles. The number of amides is 3. The second-order valence-corrected chi connectivity index (χ2v) is 15.7. The molecule has 0 fully saturated rings. The number of carbonyl (C=O) groups excluding carboxylic acids is 4. The number of anilines is 2. The molecule has 6 aromatic rings. The Morgan fingerprint density at radius 2 is 1.52 bits per heavy atom. The van der Waals surface area contributed by atoms with Crippen LogP contribution in [0.15, 0.2) is 142 Å². The molecule has 3 N–H and O–H groups in total. The number of ether oxygens (including phenoxy) is 1. The van der Waals surface area contributed by atoms with E-state index in [-0.39, 0.29) is 11.6 Å². The Labute approximate surface area is 333 Å². The molecule has 282 valence electrons. The first-order chi connectivity index (χ1) is 27.2. The van der Waals surface area contributed by atoms with E-state index in [0.29, 0.717) is 39.3 Å². The van der Waals surface area contributed by atoms with Gasteiger partial charge in [0.05, 0.1) is 17.9 Å². The number of furan rings is 1. The van der Waals surface area contributed by atoms with E-state index in [1.54, 1.807) is 61.5 Å². The molecule has 0 aliphatic heterocycles. The van der Waals surface area contributed by atoms with Gasteiger partial charge in [0, 0.05) is 32.7 Å². The number of thiophene rings is 1. The molecule has 0 unspecified atom stereocenters. The van der Waals surface area contributed by atoms with Crippen LogP contribution in [-0.2, 0) is 27.2 Å². The third-order valence-electron chi connectivity index (χ3n) is 9.46. The number of carbonyl (C=O) groups is 4. The van der Waals surface area contributed by atoms with Crippen molar-refractivity contribution < 1.29 is 28.3 Å². The lowest BCUT2D eigenvalue weighted by molar-refractivity contribution is -0.115. The molecule has 0 saturated heterocycles. The largest absolute Gasteiger partial charge is 0.465 e. The van der Waals surface area contributed by atoms with E-state index in [1.807, 2.05) is 60.7 Å². The number of hydrogen-bond donors (Lipinski definition) is 3. The molecular formula is C45H39N3O6S2. The molecule has 0 radical (unpaired) electrons. The van der Waals surface area contributed by atoms with Crippen LogP contribution in [0.25, 0.3) is 17.4 Å². The van der Waals surface area contributed by atoms with Crippen LogP contribution in [0.4, 0.5) is 10.7 Å². The van der Waals surface area contributed by atoms with Gasteiger partial charge in [-0.2, -0.15) is 0 Å². The number of fused-ring (bicyclic) bond motifs is 1. The van der Waals surface area contributed by atoms with Gasteiger partial charge in [-0.05, 0) is 91.8 Å². The maximum atomic E-state index is 13.6. The summed E-state index contributed by atoms with van der Waals surface area (Å²) in [6.45, 7) is 1.80. The molecule has 1 aliphatic rings. The van der Waals surface area contributed by atoms with E-state index in [2.05, 4.69) is 28.1 Å². The number of rotatable bonds is 12. The molecule has 3 amide bonds. The maximum Gasteiger partial charge on any atom is 0.341 e. The van der Waals surface area contributed by atoms with Crippen LogP contribution in [0.3, 0.4) is 0 Å². The monoisotopic (exact) mass is 781 g/mol. The minimum Gasteiger partial charge on any atom is -0.465 e. The third kappa shape index (κ3) is 9.02. The fourth-order valence-corrected chi connectivity index (χ4v) is 8.75. The van der Waals surface area contributed by atoms with Gasteiger partial charge in [0.15, 0.2) is 0 Å². The van der Waals surface area contributed by atoms with Gasteiger partial charge in [-0.1, -0.05) is 78.9 Å². The van der Waals surface area contributed by atoms with Crippen molar-refractivity contribution in [2.24, 2.45) is 0 Å². The third-order valence-corrected chi connectivity index (χ3v) is 11.7. The van der Waals surface area contributed by atoms with Crippen LogP contribution >= 0.6 is 23.1 Å². The lowest BCUT2D eigenvalue weighted by Gasteiger charge is -2.22. The van der Waals surface area contributed by atoms with Gasteiger partial charge in [-0.25, -0.2) is 4.79 Å². The molecule has 2 heterocycles. The Bertz CT molecular complexity index is 2370. The first kappa shape index (κ1) is 38.1. The van der Waals surface area contributed by atoms with Crippen LogP contribution in [-0.4, -0.2) is 36.1 Å². The van der Waals surface area contributed by atoms with Gasteiger partial charge >= 0.3 is 5.97 Å². The fourth-order valence-electron chi connectivity index (χ4n) is 6.56. The highest BCUT2D eigenvalue weighted by atomic mass is 32.2. The predicted molar refractivity (Wildman–Crippen MR) is 222 cm³/mol. The van der Waals surface area contributed by atoms with Crippen molar-refractivity contribution in [1.82, 2.24) is 5.32 Å². The highest BCUT2D eigenvalue weighted by Crippen LogP contribution is 2.43. The summed E-state index contributed by atoms with van der Waals surface area (Å²) >= 11 is 2.80. The van der Waals surface area contributed by atoms with Gasteiger partial charge in [0.25, 0.3) is 11.8 Å². The van der Waals surface area contributed by atoms with E-state index in [0.717, 1.165) is 40.2 Å². The number of thioether (sulfide) groups is 1. The SMILES string of the molecule is COC(=O)c1c(NC(=O)[C@H](C)Sc2ccc(NC(=O)/C(=C/c3ccc(-c4ccccc4)o3)NC(=O)c3ccccc3)cc2)sc2c1CC[C@H](c1ccccc1)C2. The Morgan fingerprint density at radius 1 is 0.839 bits per heavy atom. The van der Waals surface area contributed by atoms with Gasteiger partial charge in [-0.3, -0.25) is 14.4 Å². The molecule has 2 atom stereocenters. The first-order valence-electron chi connectivity index (χ1n) is 18.2. The van der Waals surface area contributed by atoms with Gasteiger partial charge in [-0.15, -0.1) is 23.1 Å². The van der Waals surface area contributed by atoms with Crippen molar-refractivity contribution in [2.75, 3.05) is 17.7 Å². The zero-order valence-electron chi connectivity index (χ0n) is 30.7. The summed E-state index contributed by atoms with van der Waals surface area (Å²) in [5.74, 6) is -0.329. The van der Waals surface area contributed by atoms with Crippen LogP contribution in [0.1, 0.15) is 61.7 Å². The summed E-state index contributed by atoms with van der Waals surface area (Å²) in [7, 11) is 1.36. The summed E-state index contributed by atoms with van der Waals surface area (Å²) < 4.78 is 11.1. The standard InChI is InChI=1S/C45H39N3O6S2/c1-28(41(49)48-44-40(45(52)53-2)36-24-18-32(26-39(36)56-44)29-12-6-3-7-13-29)55-35-22-19-33(20-23-35)46-43(51)37(47-42(50)31-16-10-5-11-17-31)27-34-21-25-38(54-34)30-14-8-4-9-15-30/h3-17,19-23,25,27-28,32H,18,24,26H2,1-2H3,(H,46,51)(H,47,50)(H,48,49)/b37-27-/t28-,32-/m0/s1. The highest BCUT2D eigenvalue weighted by molar-refractivity contribution is 8.00. The van der Waals surface area contributed by atoms with Gasteiger partial charge < -0.3 is 25.1 Å². The summed E-state index contributed by atoms with van der Waals surface area (Å²) in [4.78, 5) is 55.1. The normalized spacial score (nSPS) is 14.2. The van der Waals surface area contributed by atoms with E-state index in [1.165, 1.54) is 41.8 Å². The smallest absolute Gasteiger partial charge is 0.341 e. The van der Waals surface area contributed by atoms with E-state index in [4.69, 9.17) is 9.15 Å². The quantitative estimate of drug-likeness (QED) is 0.0641. The second kappa shape index (κ2) is 17.5. The van der Waals surface area contributed by atoms with Crippen molar-refractivity contribution in [2.45, 2.75) is 42.2 Å². The van der Waals surface area contributed by atoms with E-state index >= 15 is 0 Å². The molecule has 11 heteroatoms. The second-order valence-electron chi connectivity index (χ2n) is 13.2. The van der Waals surface area contributed by atoms with Crippen LogP contribution in [0.5, 0.6) is 0 Å². The Kier molecular flexibility index (Phi) is 11.9. The maximum absolute atomic E-state index is 13.6. The number of methoxy groups -OCH3 is 1. The zero-order valence-corrected chi connectivity index (χ0v) is 32.4. The topological polar surface area (TPSA) is 127 Å². The van der Waals surface area contributed by atoms with Crippen LogP contribution < -0.4 is 16.0 Å². The molecule has 0 bridgehead atoms. The average Bonchev–Trinajstić information content (AvgIpc) is 3.86. The molecule has 1 aliphatic carbocycles. The molecule has 0 saturated carbocycles. The molecule has 9 nitrogen and oxygen atoms in total. The molecule has 56 heavy (non-hydrogen) atoms. The number of esters is 1. The molecule has 7 rings (SSSR count). The van der Waals surface area contributed by atoms with E-state index < -0.39 is 23.0 Å². The molecule has 4 aromatic carbocycles. The Morgan fingerprint density at radius 3 is 2.21 bits per heavy atom. The summed E-state index contributed by atoms with van der Waals surface area (Å²) in [6.07, 6.45) is 3.93. The van der Waals surface area contributed by atoms with Crippen molar-refractivity contribution in [1.29, 1.82) is 0 Å². The predicted octanol–water partition coefficient (Wildman–Crippen LogP) is 9.60.